The van der Waals surface area contributed by atoms with E-state index in [0.717, 1.165) is 18.5 Å². The highest BCUT2D eigenvalue weighted by Gasteiger charge is 1.90. The van der Waals surface area contributed by atoms with E-state index in [1.54, 1.807) is 0 Å². The van der Waals surface area contributed by atoms with Crippen LogP contribution in [0.2, 0.25) is 0 Å². The van der Waals surface area contributed by atoms with Crippen molar-refractivity contribution in [3.63, 3.8) is 0 Å². The van der Waals surface area contributed by atoms with Gasteiger partial charge in [0.1, 0.15) is 0 Å². The molecule has 1 unspecified atom stereocenters. The summed E-state index contributed by atoms with van der Waals surface area (Å²) in [6.45, 7) is 2.75. The van der Waals surface area contributed by atoms with Crippen molar-refractivity contribution in [2.45, 2.75) is 19.8 Å². The van der Waals surface area contributed by atoms with Gasteiger partial charge in [0.15, 0.2) is 5.62 Å². The Morgan fingerprint density at radius 3 is 2.89 bits per heavy atom. The fourth-order valence-corrected chi connectivity index (χ4v) is 0.781. The van der Waals surface area contributed by atoms with E-state index in [1.165, 1.54) is 0 Å². The van der Waals surface area contributed by atoms with Crippen molar-refractivity contribution >= 4 is 16.8 Å². The molecule has 0 aromatic heterocycles. The highest BCUT2D eigenvalue weighted by Crippen LogP contribution is 2.18. The van der Waals surface area contributed by atoms with Gasteiger partial charge < -0.3 is 4.18 Å². The van der Waals surface area contributed by atoms with Gasteiger partial charge in [0, 0.05) is 6.26 Å². The molecular weight excluding hydrogens is 136 g/mol. The molecule has 1 atom stereocenters. The van der Waals surface area contributed by atoms with E-state index in [4.69, 9.17) is 4.18 Å². The molecule has 0 fully saturated rings. The summed E-state index contributed by atoms with van der Waals surface area (Å²) in [6.07, 6.45) is 5.62. The average Bonchev–Trinajstić information content (AvgIpc) is 1.89. The van der Waals surface area contributed by atoms with Gasteiger partial charge in [0.05, 0.1) is 6.61 Å². The molecular formula is C6H13O2S. The van der Waals surface area contributed by atoms with Crippen molar-refractivity contribution in [3.05, 3.63) is 6.26 Å². The summed E-state index contributed by atoms with van der Waals surface area (Å²) in [5, 5.41) is 0. The molecule has 0 bridgehead atoms. The molecule has 0 aliphatic heterocycles. The van der Waals surface area contributed by atoms with Crippen LogP contribution in [0.3, 0.4) is 0 Å². The minimum absolute atomic E-state index is 0.671. The Hall–Kier alpha value is -0.0200. The van der Waals surface area contributed by atoms with Gasteiger partial charge in [-0.1, -0.05) is 24.5 Å². The minimum Gasteiger partial charge on any atom is -0.333 e. The molecule has 9 heavy (non-hydrogen) atoms. The molecule has 0 spiro atoms. The predicted octanol–water partition coefficient (Wildman–Crippen LogP) is 1.70. The van der Waals surface area contributed by atoms with Gasteiger partial charge in [-0.15, -0.1) is 0 Å². The van der Waals surface area contributed by atoms with E-state index in [-0.39, 0.29) is 0 Å². The number of rotatable bonds is 5. The SMILES string of the molecule is [CH2][SH](C=O)OCCCC. The number of carbonyl (C=O) groups excluding carboxylic acids is 1. The van der Waals surface area contributed by atoms with Crippen molar-refractivity contribution in [2.75, 3.05) is 6.61 Å². The van der Waals surface area contributed by atoms with Gasteiger partial charge in [-0.2, -0.15) is 0 Å². The highest BCUT2D eigenvalue weighted by molar-refractivity contribution is 8.25. The zero-order chi connectivity index (χ0) is 7.11. The standard InChI is InChI=1S/C6H13O2S/c1-3-4-5-8-9(2)6-7/h6,9H,2-5H2,1H3. The summed E-state index contributed by atoms with van der Waals surface area (Å²) in [6, 6.07) is 0. The normalized spacial score (nSPS) is 15.1. The van der Waals surface area contributed by atoms with Crippen LogP contribution in [0.25, 0.3) is 0 Å². The van der Waals surface area contributed by atoms with Gasteiger partial charge >= 0.3 is 0 Å². The van der Waals surface area contributed by atoms with E-state index < -0.39 is 11.2 Å². The summed E-state index contributed by atoms with van der Waals surface area (Å²) < 4.78 is 5.02. The number of unbranched alkanes of at least 4 members (excludes halogenated alkanes) is 1. The molecule has 0 N–H and O–H groups in total. The fraction of sp³-hybridized carbons (Fsp3) is 0.667. The fourth-order valence-electron chi connectivity index (χ4n) is 0.357. The topological polar surface area (TPSA) is 26.3 Å². The third-order valence-corrected chi connectivity index (χ3v) is 1.62. The average molecular weight is 149 g/mol. The monoisotopic (exact) mass is 149 g/mol. The van der Waals surface area contributed by atoms with Crippen LogP contribution >= 0.6 is 11.2 Å². The summed E-state index contributed by atoms with van der Waals surface area (Å²) in [4.78, 5) is 9.94. The zero-order valence-corrected chi connectivity index (χ0v) is 6.56. The van der Waals surface area contributed by atoms with Crippen molar-refractivity contribution in [1.82, 2.24) is 0 Å². The number of hydrogen-bond donors (Lipinski definition) is 1. The first-order chi connectivity index (χ1) is 4.31. The quantitative estimate of drug-likeness (QED) is 0.366. The molecule has 0 saturated heterocycles. The summed E-state index contributed by atoms with van der Waals surface area (Å²) >= 11 is -1.02. The summed E-state index contributed by atoms with van der Waals surface area (Å²) in [5.74, 6) is 0. The number of thiol groups is 1. The van der Waals surface area contributed by atoms with Gasteiger partial charge in [-0.3, -0.25) is 4.79 Å². The second-order valence-corrected chi connectivity index (χ2v) is 3.01. The van der Waals surface area contributed by atoms with Crippen LogP contribution in [0.15, 0.2) is 0 Å². The Labute approximate surface area is 59.1 Å². The van der Waals surface area contributed by atoms with Gasteiger partial charge in [-0.05, 0) is 6.42 Å². The first kappa shape index (κ1) is 8.98. The zero-order valence-electron chi connectivity index (χ0n) is 5.67. The molecule has 0 aliphatic rings. The molecule has 0 aliphatic carbocycles. The summed E-state index contributed by atoms with van der Waals surface area (Å²) in [7, 11) is 0. The Bertz CT molecular complexity index is 75.5. The minimum atomic E-state index is -1.02. The Kier molecular flexibility index (Phi) is 6.09. The highest BCUT2D eigenvalue weighted by atomic mass is 32.2. The molecule has 2 nitrogen and oxygen atoms in total. The lowest BCUT2D eigenvalue weighted by molar-refractivity contribution is 0.361. The maximum Gasteiger partial charge on any atom is 0.178 e. The molecule has 55 valence electrons. The van der Waals surface area contributed by atoms with E-state index in [9.17, 15) is 4.79 Å². The van der Waals surface area contributed by atoms with Gasteiger partial charge in [0.2, 0.25) is 0 Å². The van der Waals surface area contributed by atoms with Crippen LogP contribution in [0.1, 0.15) is 19.8 Å². The second-order valence-electron chi connectivity index (χ2n) is 1.71. The van der Waals surface area contributed by atoms with E-state index in [0.29, 0.717) is 6.61 Å². The largest absolute Gasteiger partial charge is 0.333 e. The van der Waals surface area contributed by atoms with Crippen LogP contribution in [-0.2, 0) is 8.98 Å². The van der Waals surface area contributed by atoms with E-state index in [1.807, 2.05) is 0 Å². The van der Waals surface area contributed by atoms with Crippen LogP contribution in [-0.4, -0.2) is 12.2 Å². The Morgan fingerprint density at radius 2 is 2.44 bits per heavy atom. The van der Waals surface area contributed by atoms with Crippen LogP contribution in [0.5, 0.6) is 0 Å². The molecule has 0 heterocycles. The predicted molar refractivity (Wildman–Crippen MR) is 42.0 cm³/mol. The Balaban J connectivity index is 2.96. The lowest BCUT2D eigenvalue weighted by atomic mass is 10.4. The maximum absolute atomic E-state index is 9.94. The third-order valence-electron chi connectivity index (χ3n) is 0.873. The first-order valence-corrected chi connectivity index (χ1v) is 4.50. The van der Waals surface area contributed by atoms with Crippen molar-refractivity contribution in [3.8, 4) is 0 Å². The summed E-state index contributed by atoms with van der Waals surface area (Å²) in [5.41, 5.74) is 0.769. The van der Waals surface area contributed by atoms with Crippen LogP contribution < -0.4 is 0 Å². The number of carbonyl (C=O) groups is 1. The van der Waals surface area contributed by atoms with Crippen molar-refractivity contribution in [1.29, 1.82) is 0 Å². The molecule has 0 amide bonds. The Morgan fingerprint density at radius 1 is 1.78 bits per heavy atom. The lowest BCUT2D eigenvalue weighted by Gasteiger charge is -2.06. The van der Waals surface area contributed by atoms with E-state index in [2.05, 4.69) is 13.2 Å². The molecule has 1 radical (unpaired) electrons. The molecule has 0 rings (SSSR count). The molecule has 0 aromatic carbocycles. The number of hydrogen-bond acceptors (Lipinski definition) is 2. The van der Waals surface area contributed by atoms with Gasteiger partial charge in [-0.25, -0.2) is 0 Å². The molecule has 0 saturated carbocycles. The first-order valence-electron chi connectivity index (χ1n) is 2.99. The molecule has 0 aromatic rings. The second kappa shape index (κ2) is 6.11. The lowest BCUT2D eigenvalue weighted by Crippen LogP contribution is -1.89. The van der Waals surface area contributed by atoms with Gasteiger partial charge in [0.25, 0.3) is 0 Å². The van der Waals surface area contributed by atoms with Crippen molar-refractivity contribution < 1.29 is 8.98 Å². The molecule has 3 heteroatoms. The third kappa shape index (κ3) is 5.86. The smallest absolute Gasteiger partial charge is 0.178 e. The maximum atomic E-state index is 9.94. The van der Waals surface area contributed by atoms with Crippen LogP contribution in [0.4, 0.5) is 0 Å². The van der Waals surface area contributed by atoms with Crippen molar-refractivity contribution in [2.24, 2.45) is 0 Å². The van der Waals surface area contributed by atoms with E-state index >= 15 is 0 Å². The van der Waals surface area contributed by atoms with Crippen LogP contribution in [0, 0.1) is 6.26 Å².